The van der Waals surface area contributed by atoms with E-state index in [2.05, 4.69) is 117 Å². The van der Waals surface area contributed by atoms with Gasteiger partial charge in [-0.2, -0.15) is 0 Å². The lowest BCUT2D eigenvalue weighted by Crippen LogP contribution is -2.51. The van der Waals surface area contributed by atoms with E-state index in [1.54, 1.807) is 0 Å². The fourth-order valence-corrected chi connectivity index (χ4v) is 11.5. The van der Waals surface area contributed by atoms with Gasteiger partial charge in [0.05, 0.1) is 23.3 Å². The average Bonchev–Trinajstić information content (AvgIpc) is 2.83. The van der Waals surface area contributed by atoms with Gasteiger partial charge in [-0.15, -0.1) is 0 Å². The average molecular weight is 461 g/mol. The molecule has 32 heavy (non-hydrogen) atoms. The van der Waals surface area contributed by atoms with Crippen molar-refractivity contribution in [3.05, 3.63) is 96.6 Å². The predicted octanol–water partition coefficient (Wildman–Crippen LogP) is 5.86. The molecule has 2 atom stereocenters. The Morgan fingerprint density at radius 3 is 1.62 bits per heavy atom. The first kappa shape index (κ1) is 24.2. The van der Waals surface area contributed by atoms with Gasteiger partial charge >= 0.3 is 5.97 Å². The van der Waals surface area contributed by atoms with Crippen molar-refractivity contribution in [2.75, 3.05) is 7.11 Å². The Balaban J connectivity index is 2.06. The minimum absolute atomic E-state index is 0.0995. The van der Waals surface area contributed by atoms with E-state index < -0.39 is 16.1 Å². The number of hydrogen-bond acceptors (Lipinski definition) is 2. The molecule has 3 aromatic carbocycles. The molecule has 0 fully saturated rings. The van der Waals surface area contributed by atoms with Crippen molar-refractivity contribution in [1.29, 1.82) is 0 Å². The van der Waals surface area contributed by atoms with Gasteiger partial charge in [-0.25, -0.2) is 0 Å². The van der Waals surface area contributed by atoms with E-state index in [1.807, 2.05) is 0 Å². The SMILES string of the molecule is COC(=O)C[C@H](C[C@@H](c1ccccc1)[Si](C)(C)c1ccccc1)[Si](C)(C)c1ccccc1. The minimum Gasteiger partial charge on any atom is -0.469 e. The quantitative estimate of drug-likeness (QED) is 0.295. The maximum atomic E-state index is 12.5. The van der Waals surface area contributed by atoms with Crippen molar-refractivity contribution in [1.82, 2.24) is 0 Å². The van der Waals surface area contributed by atoms with Crippen LogP contribution in [-0.4, -0.2) is 29.2 Å². The Kier molecular flexibility index (Phi) is 7.91. The first-order valence-corrected chi connectivity index (χ1v) is 17.6. The van der Waals surface area contributed by atoms with E-state index in [1.165, 1.54) is 23.0 Å². The fraction of sp³-hybridized carbons (Fsp3) is 0.321. The summed E-state index contributed by atoms with van der Waals surface area (Å²) in [6.45, 7) is 9.78. The Morgan fingerprint density at radius 1 is 0.719 bits per heavy atom. The molecule has 0 unspecified atom stereocenters. The maximum absolute atomic E-state index is 12.5. The monoisotopic (exact) mass is 460 g/mol. The van der Waals surface area contributed by atoms with Gasteiger partial charge in [0.1, 0.15) is 0 Å². The van der Waals surface area contributed by atoms with Gasteiger partial charge in [0.25, 0.3) is 0 Å². The third-order valence-electron chi connectivity index (χ3n) is 7.29. The lowest BCUT2D eigenvalue weighted by atomic mass is 10.1. The molecule has 0 aromatic heterocycles. The number of carbonyl (C=O) groups is 1. The van der Waals surface area contributed by atoms with Crippen molar-refractivity contribution < 1.29 is 9.53 Å². The van der Waals surface area contributed by atoms with E-state index >= 15 is 0 Å². The van der Waals surface area contributed by atoms with E-state index in [0.717, 1.165) is 6.42 Å². The molecular formula is C28H36O2Si2. The summed E-state index contributed by atoms with van der Waals surface area (Å²) in [5, 5.41) is 2.87. The largest absolute Gasteiger partial charge is 0.469 e. The number of benzene rings is 3. The summed E-state index contributed by atoms with van der Waals surface area (Å²) in [6.07, 6.45) is 1.48. The molecule has 0 aliphatic heterocycles. The Bertz CT molecular complexity index is 986. The van der Waals surface area contributed by atoms with Gasteiger partial charge in [-0.05, 0) is 23.1 Å². The molecule has 0 radical (unpaired) electrons. The van der Waals surface area contributed by atoms with E-state index in [-0.39, 0.29) is 11.5 Å². The van der Waals surface area contributed by atoms with Crippen LogP contribution >= 0.6 is 0 Å². The second-order valence-electron chi connectivity index (χ2n) is 9.85. The summed E-state index contributed by atoms with van der Waals surface area (Å²) < 4.78 is 5.16. The summed E-state index contributed by atoms with van der Waals surface area (Å²) in [4.78, 5) is 12.5. The van der Waals surface area contributed by atoms with Gasteiger partial charge < -0.3 is 4.74 Å². The van der Waals surface area contributed by atoms with Crippen LogP contribution in [0.25, 0.3) is 0 Å². The number of ether oxygens (including phenoxy) is 1. The topological polar surface area (TPSA) is 26.3 Å². The number of esters is 1. The van der Waals surface area contributed by atoms with Crippen molar-refractivity contribution in [2.45, 2.75) is 50.1 Å². The smallest absolute Gasteiger partial charge is 0.305 e. The van der Waals surface area contributed by atoms with Gasteiger partial charge in [0, 0.05) is 6.42 Å². The van der Waals surface area contributed by atoms with E-state index in [4.69, 9.17) is 4.74 Å². The summed E-state index contributed by atoms with van der Waals surface area (Å²) in [5.74, 6) is -0.0995. The molecule has 0 saturated carbocycles. The molecule has 0 bridgehead atoms. The van der Waals surface area contributed by atoms with E-state index in [0.29, 0.717) is 12.0 Å². The van der Waals surface area contributed by atoms with Crippen LogP contribution in [0.5, 0.6) is 0 Å². The third kappa shape index (κ3) is 5.48. The Labute approximate surface area is 195 Å². The van der Waals surface area contributed by atoms with Gasteiger partial charge in [-0.3, -0.25) is 4.79 Å². The van der Waals surface area contributed by atoms with Crippen LogP contribution in [0.3, 0.4) is 0 Å². The van der Waals surface area contributed by atoms with E-state index in [9.17, 15) is 4.79 Å². The van der Waals surface area contributed by atoms with Crippen molar-refractivity contribution in [2.24, 2.45) is 0 Å². The molecule has 0 spiro atoms. The van der Waals surface area contributed by atoms with Crippen molar-refractivity contribution in [3.8, 4) is 0 Å². The van der Waals surface area contributed by atoms with Gasteiger partial charge in [-0.1, -0.05) is 128 Å². The van der Waals surface area contributed by atoms with Crippen molar-refractivity contribution in [3.63, 3.8) is 0 Å². The molecule has 0 saturated heterocycles. The molecule has 0 aliphatic rings. The zero-order valence-electron chi connectivity index (χ0n) is 20.0. The number of rotatable bonds is 9. The highest BCUT2D eigenvalue weighted by Gasteiger charge is 2.42. The molecule has 3 rings (SSSR count). The number of methoxy groups -OCH3 is 1. The molecule has 0 aliphatic carbocycles. The van der Waals surface area contributed by atoms with Crippen LogP contribution in [0.2, 0.25) is 31.7 Å². The van der Waals surface area contributed by atoms with Crippen molar-refractivity contribution >= 4 is 32.5 Å². The molecule has 0 amide bonds. The number of hydrogen-bond donors (Lipinski definition) is 0. The normalized spacial score (nSPS) is 13.9. The molecule has 2 nitrogen and oxygen atoms in total. The van der Waals surface area contributed by atoms with Crippen LogP contribution in [0, 0.1) is 0 Å². The first-order valence-electron chi connectivity index (χ1n) is 11.5. The Hall–Kier alpha value is -2.44. The third-order valence-corrected chi connectivity index (χ3v) is 15.7. The first-order chi connectivity index (χ1) is 15.3. The summed E-state index contributed by atoms with van der Waals surface area (Å²) >= 11 is 0. The minimum atomic E-state index is -1.94. The summed E-state index contributed by atoms with van der Waals surface area (Å²) in [6, 6.07) is 32.7. The lowest BCUT2D eigenvalue weighted by molar-refractivity contribution is -0.140. The van der Waals surface area contributed by atoms with Gasteiger partial charge in [0.15, 0.2) is 0 Å². The molecule has 0 N–H and O–H groups in total. The van der Waals surface area contributed by atoms with Crippen LogP contribution in [0.1, 0.15) is 23.9 Å². The Morgan fingerprint density at radius 2 is 1.16 bits per heavy atom. The van der Waals surface area contributed by atoms with Crippen LogP contribution < -0.4 is 10.4 Å². The number of carbonyl (C=O) groups excluding carboxylic acids is 1. The lowest BCUT2D eigenvalue weighted by Gasteiger charge is -2.40. The maximum Gasteiger partial charge on any atom is 0.305 e. The van der Waals surface area contributed by atoms with Crippen LogP contribution in [-0.2, 0) is 9.53 Å². The highest BCUT2D eigenvalue weighted by molar-refractivity contribution is 6.92. The van der Waals surface area contributed by atoms with Crippen LogP contribution in [0.4, 0.5) is 0 Å². The predicted molar refractivity (Wildman–Crippen MR) is 141 cm³/mol. The molecule has 4 heteroatoms. The standard InChI is InChI=1S/C28H36O2Si2/c1-30-28(29)22-26(31(2,3)24-17-11-7-12-18-24)21-27(23-15-9-6-10-16-23)32(4,5)25-19-13-8-14-20-25/h6-20,26-27H,21-22H2,1-5H3/t26-,27-/m0/s1. The highest BCUT2D eigenvalue weighted by atomic mass is 28.3. The summed E-state index contributed by atoms with van der Waals surface area (Å²) in [5.41, 5.74) is 2.09. The fourth-order valence-electron chi connectivity index (χ4n) is 4.91. The molecule has 3 aromatic rings. The van der Waals surface area contributed by atoms with Crippen LogP contribution in [0.15, 0.2) is 91.0 Å². The second kappa shape index (κ2) is 10.5. The zero-order valence-corrected chi connectivity index (χ0v) is 22.0. The molecule has 168 valence electrons. The van der Waals surface area contributed by atoms with Gasteiger partial charge in [0.2, 0.25) is 0 Å². The zero-order chi connectivity index (χ0) is 23.2. The molecular weight excluding hydrogens is 424 g/mol. The second-order valence-corrected chi connectivity index (χ2v) is 19.4. The molecule has 0 heterocycles. The summed E-state index contributed by atoms with van der Waals surface area (Å²) in [7, 11) is -2.32. The highest BCUT2D eigenvalue weighted by Crippen LogP contribution is 2.40.